The van der Waals surface area contributed by atoms with Gasteiger partial charge < -0.3 is 0 Å². The number of hydrogen-bond acceptors (Lipinski definition) is 2. The van der Waals surface area contributed by atoms with Gasteiger partial charge in [0.25, 0.3) is 5.91 Å². The number of rotatable bonds is 3. The van der Waals surface area contributed by atoms with E-state index in [1.54, 1.807) is 0 Å². The fourth-order valence-corrected chi connectivity index (χ4v) is 2.44. The highest BCUT2D eigenvalue weighted by atomic mass is 79.9. The molecule has 0 unspecified atom stereocenters. The summed E-state index contributed by atoms with van der Waals surface area (Å²) in [6.45, 7) is 1.96. The number of amides is 1. The van der Waals surface area contributed by atoms with Crippen LogP contribution in [0.5, 0.6) is 0 Å². The molecule has 1 aromatic rings. The molecule has 1 fully saturated rings. The van der Waals surface area contributed by atoms with Crippen LogP contribution in [0.1, 0.15) is 41.6 Å². The van der Waals surface area contributed by atoms with Crippen LogP contribution in [-0.2, 0) is 4.84 Å². The van der Waals surface area contributed by atoms with Crippen LogP contribution in [0.25, 0.3) is 0 Å². The summed E-state index contributed by atoms with van der Waals surface area (Å²) in [6.07, 6.45) is 4.64. The molecular weight excluding hydrogens is 282 g/mol. The molecule has 1 amide bonds. The number of hydrogen-bond donors (Lipinski definition) is 1. The first-order valence-electron chi connectivity index (χ1n) is 5.89. The summed E-state index contributed by atoms with van der Waals surface area (Å²) >= 11 is 3.37. The molecule has 0 radical (unpaired) electrons. The average molecular weight is 298 g/mol. The Bertz CT molecular complexity index is 414. The smallest absolute Gasteiger partial charge is 0.270 e. The van der Waals surface area contributed by atoms with Crippen LogP contribution in [0.2, 0.25) is 0 Å². The Morgan fingerprint density at radius 1 is 1.41 bits per heavy atom. The van der Waals surface area contributed by atoms with Crippen LogP contribution >= 0.6 is 15.9 Å². The van der Waals surface area contributed by atoms with E-state index in [0.717, 1.165) is 22.9 Å². The topological polar surface area (TPSA) is 38.3 Å². The second-order valence-electron chi connectivity index (χ2n) is 4.44. The van der Waals surface area contributed by atoms with Crippen molar-refractivity contribution in [1.82, 2.24) is 5.48 Å². The van der Waals surface area contributed by atoms with Gasteiger partial charge in [-0.1, -0.05) is 24.5 Å². The number of halogens is 1. The minimum atomic E-state index is -0.188. The molecule has 1 aromatic carbocycles. The molecule has 0 aliphatic heterocycles. The predicted molar refractivity (Wildman–Crippen MR) is 69.7 cm³/mol. The molecular formula is C13H16BrNO2. The lowest BCUT2D eigenvalue weighted by atomic mass is 10.1. The Morgan fingerprint density at radius 2 is 2.12 bits per heavy atom. The number of hydroxylamine groups is 1. The predicted octanol–water partition coefficient (Wildman–Crippen LogP) is 3.36. The van der Waals surface area contributed by atoms with Gasteiger partial charge in [-0.05, 0) is 47.8 Å². The number of nitrogens with one attached hydrogen (secondary N) is 1. The molecule has 0 bridgehead atoms. The van der Waals surface area contributed by atoms with Gasteiger partial charge in [0, 0.05) is 4.47 Å². The highest BCUT2D eigenvalue weighted by Gasteiger charge is 2.18. The Balaban J connectivity index is 1.96. The number of aryl methyl sites for hydroxylation is 1. The molecule has 1 aliphatic carbocycles. The molecule has 3 nitrogen and oxygen atoms in total. The van der Waals surface area contributed by atoms with Crippen LogP contribution in [0.15, 0.2) is 22.7 Å². The Morgan fingerprint density at radius 3 is 2.82 bits per heavy atom. The summed E-state index contributed by atoms with van der Waals surface area (Å²) in [5, 5.41) is 0. The Kier molecular flexibility index (Phi) is 4.18. The van der Waals surface area contributed by atoms with E-state index in [1.807, 2.05) is 25.1 Å². The van der Waals surface area contributed by atoms with Crippen molar-refractivity contribution in [1.29, 1.82) is 0 Å². The fraction of sp³-hybridized carbons (Fsp3) is 0.462. The maximum Gasteiger partial charge on any atom is 0.276 e. The zero-order valence-corrected chi connectivity index (χ0v) is 11.4. The second kappa shape index (κ2) is 5.65. The van der Waals surface area contributed by atoms with E-state index in [4.69, 9.17) is 4.84 Å². The summed E-state index contributed by atoms with van der Waals surface area (Å²) in [7, 11) is 0. The standard InChI is InChI=1S/C13H16BrNO2/c1-9-6-7-12(14)11(8-9)13(16)15-17-10-4-2-3-5-10/h6-8,10H,2-5H2,1H3,(H,15,16). The van der Waals surface area contributed by atoms with Gasteiger partial charge in [-0.15, -0.1) is 0 Å². The molecule has 0 saturated heterocycles. The SMILES string of the molecule is Cc1ccc(Br)c(C(=O)NOC2CCCC2)c1. The van der Waals surface area contributed by atoms with Crippen molar-refractivity contribution < 1.29 is 9.63 Å². The lowest BCUT2D eigenvalue weighted by molar-refractivity contribution is -0.0125. The van der Waals surface area contributed by atoms with Crippen molar-refractivity contribution in [2.75, 3.05) is 0 Å². The van der Waals surface area contributed by atoms with Crippen molar-refractivity contribution in [2.24, 2.45) is 0 Å². The first kappa shape index (κ1) is 12.6. The third-order valence-corrected chi connectivity index (χ3v) is 3.68. The fourth-order valence-electron chi connectivity index (χ4n) is 2.01. The van der Waals surface area contributed by atoms with Gasteiger partial charge in [0.05, 0.1) is 11.7 Å². The Hall–Kier alpha value is -0.870. The average Bonchev–Trinajstić information content (AvgIpc) is 2.82. The van der Waals surface area contributed by atoms with Gasteiger partial charge in [-0.3, -0.25) is 9.63 Å². The first-order chi connectivity index (χ1) is 8.16. The molecule has 0 spiro atoms. The molecule has 4 heteroatoms. The molecule has 0 aromatic heterocycles. The number of benzene rings is 1. The van der Waals surface area contributed by atoms with Gasteiger partial charge in [0.2, 0.25) is 0 Å². The van der Waals surface area contributed by atoms with E-state index >= 15 is 0 Å². The molecule has 92 valence electrons. The van der Waals surface area contributed by atoms with Crippen molar-refractivity contribution in [3.05, 3.63) is 33.8 Å². The van der Waals surface area contributed by atoms with Gasteiger partial charge >= 0.3 is 0 Å². The zero-order chi connectivity index (χ0) is 12.3. The molecule has 0 heterocycles. The van der Waals surface area contributed by atoms with E-state index in [9.17, 15) is 4.79 Å². The minimum Gasteiger partial charge on any atom is -0.270 e. The van der Waals surface area contributed by atoms with Gasteiger partial charge in [0.15, 0.2) is 0 Å². The van der Waals surface area contributed by atoms with Crippen LogP contribution in [0.4, 0.5) is 0 Å². The van der Waals surface area contributed by atoms with Crippen molar-refractivity contribution >= 4 is 21.8 Å². The monoisotopic (exact) mass is 297 g/mol. The molecule has 17 heavy (non-hydrogen) atoms. The summed E-state index contributed by atoms with van der Waals surface area (Å²) in [5.41, 5.74) is 4.21. The summed E-state index contributed by atoms with van der Waals surface area (Å²) in [6, 6.07) is 5.68. The number of carbonyl (C=O) groups is 1. The third kappa shape index (κ3) is 3.30. The second-order valence-corrected chi connectivity index (χ2v) is 5.29. The molecule has 2 rings (SSSR count). The lowest BCUT2D eigenvalue weighted by Gasteiger charge is -2.12. The molecule has 1 aliphatic rings. The lowest BCUT2D eigenvalue weighted by Crippen LogP contribution is -2.28. The maximum absolute atomic E-state index is 11.9. The summed E-state index contributed by atoms with van der Waals surface area (Å²) < 4.78 is 0.788. The first-order valence-corrected chi connectivity index (χ1v) is 6.68. The van der Waals surface area contributed by atoms with Crippen LogP contribution in [0.3, 0.4) is 0 Å². The van der Waals surface area contributed by atoms with Crippen molar-refractivity contribution in [3.63, 3.8) is 0 Å². The van der Waals surface area contributed by atoms with E-state index in [2.05, 4.69) is 21.4 Å². The highest BCUT2D eigenvalue weighted by molar-refractivity contribution is 9.10. The largest absolute Gasteiger partial charge is 0.276 e. The molecule has 1 saturated carbocycles. The minimum absolute atomic E-state index is 0.183. The van der Waals surface area contributed by atoms with E-state index in [0.29, 0.717) is 5.56 Å². The van der Waals surface area contributed by atoms with Gasteiger partial charge in [-0.2, -0.15) is 0 Å². The number of carbonyl (C=O) groups excluding carboxylic acids is 1. The van der Waals surface area contributed by atoms with Gasteiger partial charge in [-0.25, -0.2) is 5.48 Å². The normalized spacial score (nSPS) is 16.1. The zero-order valence-electron chi connectivity index (χ0n) is 9.83. The Labute approximate surface area is 110 Å². The summed E-state index contributed by atoms with van der Waals surface area (Å²) in [4.78, 5) is 17.3. The summed E-state index contributed by atoms with van der Waals surface area (Å²) in [5.74, 6) is -0.188. The maximum atomic E-state index is 11.9. The van der Waals surface area contributed by atoms with Gasteiger partial charge in [0.1, 0.15) is 0 Å². The van der Waals surface area contributed by atoms with Crippen LogP contribution in [-0.4, -0.2) is 12.0 Å². The van der Waals surface area contributed by atoms with Crippen molar-refractivity contribution in [2.45, 2.75) is 38.7 Å². The van der Waals surface area contributed by atoms with E-state index < -0.39 is 0 Å². The van der Waals surface area contributed by atoms with Crippen LogP contribution < -0.4 is 5.48 Å². The molecule has 0 atom stereocenters. The van der Waals surface area contributed by atoms with E-state index in [1.165, 1.54) is 12.8 Å². The third-order valence-electron chi connectivity index (χ3n) is 2.99. The van der Waals surface area contributed by atoms with Crippen molar-refractivity contribution in [3.8, 4) is 0 Å². The van der Waals surface area contributed by atoms with Crippen LogP contribution in [0, 0.1) is 6.92 Å². The molecule has 1 N–H and O–H groups in total. The quantitative estimate of drug-likeness (QED) is 0.869. The van der Waals surface area contributed by atoms with E-state index in [-0.39, 0.29) is 12.0 Å². The highest BCUT2D eigenvalue weighted by Crippen LogP contribution is 2.21.